The van der Waals surface area contributed by atoms with E-state index in [2.05, 4.69) is 50.9 Å². The molecule has 0 radical (unpaired) electrons. The maximum Gasteiger partial charge on any atom is 0.260 e. The van der Waals surface area contributed by atoms with Crippen molar-refractivity contribution < 1.29 is 4.42 Å². The van der Waals surface area contributed by atoms with E-state index in [-0.39, 0.29) is 5.56 Å². The Morgan fingerprint density at radius 3 is 2.74 bits per heavy atom. The molecular formula is C25H23N5O2S2. The van der Waals surface area contributed by atoms with Crippen LogP contribution in [-0.2, 0) is 12.3 Å². The van der Waals surface area contributed by atoms with E-state index in [4.69, 9.17) is 9.40 Å². The second-order valence-electron chi connectivity index (χ2n) is 8.66. The van der Waals surface area contributed by atoms with E-state index in [1.54, 1.807) is 17.6 Å². The van der Waals surface area contributed by atoms with Crippen molar-refractivity contribution in [3.8, 4) is 11.1 Å². The zero-order chi connectivity index (χ0) is 23.2. The molecule has 0 amide bonds. The normalized spacial score (nSPS) is 13.7. The lowest BCUT2D eigenvalue weighted by molar-refractivity contribution is 0.478. The van der Waals surface area contributed by atoms with Crippen molar-refractivity contribution in [2.45, 2.75) is 50.1 Å². The fourth-order valence-electron chi connectivity index (χ4n) is 4.19. The van der Waals surface area contributed by atoms with Gasteiger partial charge >= 0.3 is 0 Å². The van der Waals surface area contributed by atoms with Crippen molar-refractivity contribution in [1.82, 2.24) is 24.7 Å². The molecule has 1 N–H and O–H groups in total. The van der Waals surface area contributed by atoms with E-state index in [1.807, 2.05) is 19.1 Å². The van der Waals surface area contributed by atoms with Crippen LogP contribution in [0.3, 0.4) is 0 Å². The number of fused-ring (bicyclic) bond motifs is 1. The highest BCUT2D eigenvalue weighted by atomic mass is 32.2. The summed E-state index contributed by atoms with van der Waals surface area (Å²) in [5, 5.41) is 10.4. The van der Waals surface area contributed by atoms with Gasteiger partial charge in [-0.25, -0.2) is 4.98 Å². The molecule has 0 aliphatic heterocycles. The number of aryl methyl sites for hydroxylation is 2. The molecule has 6 rings (SSSR count). The molecule has 0 unspecified atom stereocenters. The maximum absolute atomic E-state index is 13.1. The monoisotopic (exact) mass is 489 g/mol. The van der Waals surface area contributed by atoms with Gasteiger partial charge in [-0.05, 0) is 44.4 Å². The minimum atomic E-state index is -0.101. The Morgan fingerprint density at radius 1 is 1.18 bits per heavy atom. The number of nitrogens with zero attached hydrogens (tertiary/aromatic N) is 4. The van der Waals surface area contributed by atoms with Gasteiger partial charge in [0.25, 0.3) is 5.56 Å². The Bertz CT molecular complexity index is 1530. The number of thioether (sulfide) groups is 1. The van der Waals surface area contributed by atoms with Gasteiger partial charge in [0.05, 0.1) is 23.9 Å². The molecule has 1 aliphatic rings. The van der Waals surface area contributed by atoms with Crippen LogP contribution in [0.15, 0.2) is 57.0 Å². The summed E-state index contributed by atoms with van der Waals surface area (Å²) >= 11 is 3.10. The van der Waals surface area contributed by atoms with Crippen molar-refractivity contribution in [3.05, 3.63) is 80.9 Å². The summed E-state index contributed by atoms with van der Waals surface area (Å²) in [5.41, 5.74) is 3.11. The minimum Gasteiger partial charge on any atom is -0.467 e. The Balaban J connectivity index is 1.30. The third-order valence-corrected chi connectivity index (χ3v) is 8.02. The topological polar surface area (TPSA) is 89.6 Å². The molecule has 1 aliphatic carbocycles. The van der Waals surface area contributed by atoms with Crippen molar-refractivity contribution in [2.75, 3.05) is 0 Å². The van der Waals surface area contributed by atoms with Gasteiger partial charge in [0.2, 0.25) is 0 Å². The Hall–Kier alpha value is -3.17. The molecule has 4 aromatic heterocycles. The summed E-state index contributed by atoms with van der Waals surface area (Å²) in [5.74, 6) is 3.49. The number of hydrogen-bond donors (Lipinski definition) is 1. The largest absolute Gasteiger partial charge is 0.467 e. The molecule has 5 aromatic rings. The molecule has 4 heterocycles. The first-order chi connectivity index (χ1) is 16.6. The number of rotatable bonds is 7. The number of H-pyrrole nitrogens is 1. The predicted molar refractivity (Wildman–Crippen MR) is 135 cm³/mol. The first-order valence-electron chi connectivity index (χ1n) is 11.2. The van der Waals surface area contributed by atoms with E-state index in [0.717, 1.165) is 50.4 Å². The predicted octanol–water partition coefficient (Wildman–Crippen LogP) is 5.67. The van der Waals surface area contributed by atoms with Gasteiger partial charge in [0, 0.05) is 16.4 Å². The van der Waals surface area contributed by atoms with Crippen LogP contribution in [0.25, 0.3) is 21.3 Å². The zero-order valence-electron chi connectivity index (χ0n) is 18.9. The third kappa shape index (κ3) is 3.99. The fourth-order valence-corrected chi connectivity index (χ4v) is 6.07. The number of furan rings is 1. The standard InChI is InChI=1S/C25H23N5O2S2/c1-14-5-7-16(8-6-14)20-15(2)34-24-21(20)23(31)26-19(27-24)13-33-25-29-28-22(17-9-10-17)30(25)12-18-4-3-11-32-18/h3-8,11,17H,9-10,12-13H2,1-2H3,(H,26,27,31). The Kier molecular flexibility index (Phi) is 5.38. The van der Waals surface area contributed by atoms with Gasteiger partial charge in [-0.2, -0.15) is 0 Å². The smallest absolute Gasteiger partial charge is 0.260 e. The number of thiophene rings is 1. The van der Waals surface area contributed by atoms with E-state index in [0.29, 0.717) is 29.4 Å². The average Bonchev–Trinajstić information content (AvgIpc) is 3.22. The molecule has 1 aromatic carbocycles. The van der Waals surface area contributed by atoms with Crippen molar-refractivity contribution >= 4 is 33.3 Å². The van der Waals surface area contributed by atoms with Crippen LogP contribution in [0.5, 0.6) is 0 Å². The Morgan fingerprint density at radius 2 is 2.00 bits per heavy atom. The third-order valence-electron chi connectivity index (χ3n) is 6.05. The molecular weight excluding hydrogens is 466 g/mol. The van der Waals surface area contributed by atoms with Gasteiger partial charge in [0.1, 0.15) is 22.2 Å². The van der Waals surface area contributed by atoms with Gasteiger partial charge in [-0.15, -0.1) is 21.5 Å². The van der Waals surface area contributed by atoms with E-state index in [1.165, 1.54) is 17.3 Å². The van der Waals surface area contributed by atoms with E-state index >= 15 is 0 Å². The molecule has 1 fully saturated rings. The van der Waals surface area contributed by atoms with Crippen LogP contribution in [0, 0.1) is 13.8 Å². The van der Waals surface area contributed by atoms with Crippen molar-refractivity contribution in [3.63, 3.8) is 0 Å². The summed E-state index contributed by atoms with van der Waals surface area (Å²) in [6.07, 6.45) is 3.97. The molecule has 0 spiro atoms. The van der Waals surface area contributed by atoms with Gasteiger partial charge in [-0.1, -0.05) is 41.6 Å². The maximum atomic E-state index is 13.1. The first-order valence-corrected chi connectivity index (χ1v) is 13.0. The lowest BCUT2D eigenvalue weighted by atomic mass is 10.0. The molecule has 9 heteroatoms. The highest BCUT2D eigenvalue weighted by Crippen LogP contribution is 2.40. The molecule has 172 valence electrons. The molecule has 0 atom stereocenters. The number of aromatic amines is 1. The second-order valence-corrected chi connectivity index (χ2v) is 10.8. The van der Waals surface area contributed by atoms with E-state index < -0.39 is 0 Å². The van der Waals surface area contributed by atoms with Crippen molar-refractivity contribution in [2.24, 2.45) is 0 Å². The summed E-state index contributed by atoms with van der Waals surface area (Å²) in [6, 6.07) is 12.1. The van der Waals surface area contributed by atoms with Crippen LogP contribution < -0.4 is 5.56 Å². The first kappa shape index (κ1) is 21.4. The summed E-state index contributed by atoms with van der Waals surface area (Å²) < 4.78 is 7.68. The van der Waals surface area contributed by atoms with Gasteiger partial charge < -0.3 is 9.40 Å². The second kappa shape index (κ2) is 8.56. The lowest BCUT2D eigenvalue weighted by Crippen LogP contribution is -2.11. The summed E-state index contributed by atoms with van der Waals surface area (Å²) in [6.45, 7) is 4.71. The van der Waals surface area contributed by atoms with Crippen LogP contribution in [0.1, 0.15) is 46.6 Å². The highest BCUT2D eigenvalue weighted by Gasteiger charge is 2.30. The molecule has 34 heavy (non-hydrogen) atoms. The number of hydrogen-bond acceptors (Lipinski definition) is 7. The summed E-state index contributed by atoms with van der Waals surface area (Å²) in [4.78, 5) is 22.8. The Labute approximate surface area is 204 Å². The highest BCUT2D eigenvalue weighted by molar-refractivity contribution is 7.98. The molecule has 7 nitrogen and oxygen atoms in total. The zero-order valence-corrected chi connectivity index (χ0v) is 20.5. The van der Waals surface area contributed by atoms with Crippen molar-refractivity contribution in [1.29, 1.82) is 0 Å². The number of nitrogens with one attached hydrogen (secondary N) is 1. The van der Waals surface area contributed by atoms with Gasteiger partial charge in [-0.3, -0.25) is 9.36 Å². The summed E-state index contributed by atoms with van der Waals surface area (Å²) in [7, 11) is 0. The quantitative estimate of drug-likeness (QED) is 0.296. The molecule has 0 saturated heterocycles. The van der Waals surface area contributed by atoms with Crippen LogP contribution in [0.4, 0.5) is 0 Å². The molecule has 0 bridgehead atoms. The number of aromatic nitrogens is 5. The fraction of sp³-hybridized carbons (Fsp3) is 0.280. The minimum absolute atomic E-state index is 0.101. The number of benzene rings is 1. The van der Waals surface area contributed by atoms with Crippen LogP contribution >= 0.6 is 23.1 Å². The van der Waals surface area contributed by atoms with Crippen LogP contribution in [-0.4, -0.2) is 24.7 Å². The van der Waals surface area contributed by atoms with Gasteiger partial charge in [0.15, 0.2) is 5.16 Å². The average molecular weight is 490 g/mol. The van der Waals surface area contributed by atoms with E-state index in [9.17, 15) is 4.79 Å². The van der Waals surface area contributed by atoms with Crippen LogP contribution in [0.2, 0.25) is 0 Å². The lowest BCUT2D eigenvalue weighted by Gasteiger charge is -2.08. The SMILES string of the molecule is Cc1ccc(-c2c(C)sc3nc(CSc4nnc(C5CC5)n4Cc4ccco4)[nH]c(=O)c23)cc1. The molecule has 1 saturated carbocycles.